The van der Waals surface area contributed by atoms with E-state index in [1.807, 2.05) is 6.07 Å². The van der Waals surface area contributed by atoms with Gasteiger partial charge in [0.05, 0.1) is 0 Å². The van der Waals surface area contributed by atoms with Crippen LogP contribution >= 0.6 is 15.9 Å². The fourth-order valence-corrected chi connectivity index (χ4v) is 2.01. The number of ether oxygens (including phenoxy) is 1. The van der Waals surface area contributed by atoms with Gasteiger partial charge in [0.2, 0.25) is 0 Å². The van der Waals surface area contributed by atoms with Crippen LogP contribution in [0.15, 0.2) is 28.7 Å². The molecular weight excluding hydrogens is 316 g/mol. The first kappa shape index (κ1) is 13.5. The number of benzene rings is 1. The van der Waals surface area contributed by atoms with Crippen molar-refractivity contribution in [1.82, 2.24) is 10.2 Å². The van der Waals surface area contributed by atoms with E-state index < -0.39 is 6.09 Å². The van der Waals surface area contributed by atoms with E-state index in [1.54, 1.807) is 18.2 Å². The summed E-state index contributed by atoms with van der Waals surface area (Å²) >= 11 is 3.27. The van der Waals surface area contributed by atoms with E-state index in [-0.39, 0.29) is 31.5 Å². The molecule has 0 spiro atoms. The third-order valence-electron chi connectivity index (χ3n) is 2.55. The van der Waals surface area contributed by atoms with Gasteiger partial charge in [-0.25, -0.2) is 9.69 Å². The molecule has 1 heterocycles. The van der Waals surface area contributed by atoms with Crippen molar-refractivity contribution in [3.8, 4) is 0 Å². The van der Waals surface area contributed by atoms with Gasteiger partial charge < -0.3 is 10.1 Å². The highest BCUT2D eigenvalue weighted by Gasteiger charge is 2.30. The van der Waals surface area contributed by atoms with E-state index in [2.05, 4.69) is 26.0 Å². The minimum Gasteiger partial charge on any atom is -0.439 e. The second kappa shape index (κ2) is 5.83. The van der Waals surface area contributed by atoms with Crippen molar-refractivity contribution < 1.29 is 19.1 Å². The number of nitrogens with zero attached hydrogens (tertiary/aromatic N) is 1. The Labute approximate surface area is 117 Å². The van der Waals surface area contributed by atoms with Crippen LogP contribution < -0.4 is 5.32 Å². The summed E-state index contributed by atoms with van der Waals surface area (Å²) in [6.45, 7) is 0.0714. The molecule has 1 N–H and O–H groups in total. The normalized spacial score (nSPS) is 14.5. The molecular formula is C12H11BrN2O4. The van der Waals surface area contributed by atoms with Gasteiger partial charge in [-0.2, -0.15) is 0 Å². The molecule has 0 atom stereocenters. The summed E-state index contributed by atoms with van der Waals surface area (Å²) in [6, 6.07) is 6.93. The summed E-state index contributed by atoms with van der Waals surface area (Å²) in [5.41, 5.74) is 0.504. The number of cyclic esters (lactones) is 1. The lowest BCUT2D eigenvalue weighted by molar-refractivity contribution is -0.125. The largest absolute Gasteiger partial charge is 0.439 e. The van der Waals surface area contributed by atoms with Gasteiger partial charge in [0.1, 0.15) is 0 Å². The van der Waals surface area contributed by atoms with E-state index >= 15 is 0 Å². The van der Waals surface area contributed by atoms with Crippen LogP contribution in [-0.4, -0.2) is 42.5 Å². The summed E-state index contributed by atoms with van der Waals surface area (Å²) in [5, 5.41) is 2.63. The molecule has 1 fully saturated rings. The number of nitrogens with one attached hydrogen (secondary N) is 1. The highest BCUT2D eigenvalue weighted by atomic mass is 79.9. The first-order valence-electron chi connectivity index (χ1n) is 5.59. The lowest BCUT2D eigenvalue weighted by atomic mass is 10.2. The second-order valence-corrected chi connectivity index (χ2v) is 4.78. The Kier molecular flexibility index (Phi) is 4.16. The number of hydrogen-bond donors (Lipinski definition) is 1. The maximum Gasteiger partial charge on any atom is 0.417 e. The van der Waals surface area contributed by atoms with Crippen LogP contribution in [0.25, 0.3) is 0 Å². The molecule has 19 heavy (non-hydrogen) atoms. The zero-order valence-electron chi connectivity index (χ0n) is 9.89. The zero-order valence-corrected chi connectivity index (χ0v) is 11.5. The van der Waals surface area contributed by atoms with Gasteiger partial charge in [-0.1, -0.05) is 22.0 Å². The number of carbonyl (C=O) groups is 3. The van der Waals surface area contributed by atoms with E-state index in [0.29, 0.717) is 5.56 Å². The van der Waals surface area contributed by atoms with Crippen LogP contribution in [0.2, 0.25) is 0 Å². The van der Waals surface area contributed by atoms with Crippen molar-refractivity contribution in [2.75, 3.05) is 19.7 Å². The highest BCUT2D eigenvalue weighted by Crippen LogP contribution is 2.11. The number of imide groups is 1. The number of amides is 3. The SMILES string of the molecule is O=C(NCCN1C(=O)COC1=O)c1cccc(Br)c1. The van der Waals surface area contributed by atoms with Crippen LogP contribution in [-0.2, 0) is 9.53 Å². The number of carbonyl (C=O) groups excluding carboxylic acids is 3. The first-order valence-corrected chi connectivity index (χ1v) is 6.38. The predicted molar refractivity (Wildman–Crippen MR) is 69.5 cm³/mol. The number of halogens is 1. The maximum absolute atomic E-state index is 11.8. The topological polar surface area (TPSA) is 75.7 Å². The third kappa shape index (κ3) is 3.31. The van der Waals surface area contributed by atoms with E-state index in [1.165, 1.54) is 0 Å². The molecule has 1 aromatic carbocycles. The predicted octanol–water partition coefficient (Wildman–Crippen LogP) is 1.16. The van der Waals surface area contributed by atoms with Crippen LogP contribution in [0.5, 0.6) is 0 Å². The standard InChI is InChI=1S/C12H11BrN2O4/c13-9-3-1-2-8(6-9)11(17)14-4-5-15-10(16)7-19-12(15)18/h1-3,6H,4-5,7H2,(H,14,17). The molecule has 100 valence electrons. The van der Waals surface area contributed by atoms with Crippen molar-refractivity contribution in [3.63, 3.8) is 0 Å². The third-order valence-corrected chi connectivity index (χ3v) is 3.04. The van der Waals surface area contributed by atoms with Crippen LogP contribution in [0.1, 0.15) is 10.4 Å². The van der Waals surface area contributed by atoms with Crippen molar-refractivity contribution in [2.45, 2.75) is 0 Å². The van der Waals surface area contributed by atoms with Crippen molar-refractivity contribution in [1.29, 1.82) is 0 Å². The highest BCUT2D eigenvalue weighted by molar-refractivity contribution is 9.10. The summed E-state index contributed by atoms with van der Waals surface area (Å²) in [4.78, 5) is 35.1. The van der Waals surface area contributed by atoms with Crippen LogP contribution in [0.3, 0.4) is 0 Å². The van der Waals surface area contributed by atoms with Gasteiger partial charge in [-0.3, -0.25) is 9.59 Å². The van der Waals surface area contributed by atoms with Gasteiger partial charge in [0, 0.05) is 23.1 Å². The molecule has 0 radical (unpaired) electrons. The second-order valence-electron chi connectivity index (χ2n) is 3.87. The van der Waals surface area contributed by atoms with Crippen molar-refractivity contribution >= 4 is 33.8 Å². The Bertz CT molecular complexity index is 516. The molecule has 2 rings (SSSR count). The fourth-order valence-electron chi connectivity index (χ4n) is 1.61. The average molecular weight is 327 g/mol. The van der Waals surface area contributed by atoms with Crippen LogP contribution in [0.4, 0.5) is 4.79 Å². The Morgan fingerprint density at radius 2 is 2.21 bits per heavy atom. The molecule has 0 saturated carbocycles. The maximum atomic E-state index is 11.8. The lowest BCUT2D eigenvalue weighted by Gasteiger charge is -2.11. The molecule has 1 aliphatic heterocycles. The molecule has 0 unspecified atom stereocenters. The molecule has 0 bridgehead atoms. The molecule has 1 saturated heterocycles. The smallest absolute Gasteiger partial charge is 0.417 e. The molecule has 0 aliphatic carbocycles. The number of hydrogen-bond acceptors (Lipinski definition) is 4. The molecule has 1 aliphatic rings. The monoisotopic (exact) mass is 326 g/mol. The quantitative estimate of drug-likeness (QED) is 0.900. The summed E-state index contributed by atoms with van der Waals surface area (Å²) < 4.78 is 5.36. The Balaban J connectivity index is 1.84. The molecule has 6 nitrogen and oxygen atoms in total. The van der Waals surface area contributed by atoms with Gasteiger partial charge >= 0.3 is 6.09 Å². The van der Waals surface area contributed by atoms with E-state index in [0.717, 1.165) is 9.37 Å². The minimum absolute atomic E-state index is 0.109. The summed E-state index contributed by atoms with van der Waals surface area (Å²) in [6.07, 6.45) is -0.665. The Hall–Kier alpha value is -1.89. The molecule has 7 heteroatoms. The zero-order chi connectivity index (χ0) is 13.8. The summed E-state index contributed by atoms with van der Waals surface area (Å²) in [5.74, 6) is -0.650. The van der Waals surface area contributed by atoms with E-state index in [9.17, 15) is 14.4 Å². The Morgan fingerprint density at radius 3 is 2.84 bits per heavy atom. The minimum atomic E-state index is -0.665. The molecule has 3 amide bonds. The fraction of sp³-hybridized carbons (Fsp3) is 0.250. The lowest BCUT2D eigenvalue weighted by Crippen LogP contribution is -2.37. The van der Waals surface area contributed by atoms with Crippen molar-refractivity contribution in [3.05, 3.63) is 34.3 Å². The van der Waals surface area contributed by atoms with Gasteiger partial charge in [-0.15, -0.1) is 0 Å². The molecule has 1 aromatic rings. The van der Waals surface area contributed by atoms with E-state index in [4.69, 9.17) is 0 Å². The molecule has 0 aromatic heterocycles. The van der Waals surface area contributed by atoms with Gasteiger partial charge in [0.15, 0.2) is 6.61 Å². The average Bonchev–Trinajstić information content (AvgIpc) is 2.70. The first-order chi connectivity index (χ1) is 9.08. The van der Waals surface area contributed by atoms with Crippen LogP contribution in [0, 0.1) is 0 Å². The van der Waals surface area contributed by atoms with Gasteiger partial charge in [0.25, 0.3) is 11.8 Å². The van der Waals surface area contributed by atoms with Gasteiger partial charge in [-0.05, 0) is 18.2 Å². The number of rotatable bonds is 4. The Morgan fingerprint density at radius 1 is 1.42 bits per heavy atom. The summed E-state index contributed by atoms with van der Waals surface area (Å²) in [7, 11) is 0. The van der Waals surface area contributed by atoms with Crippen molar-refractivity contribution in [2.24, 2.45) is 0 Å².